The summed E-state index contributed by atoms with van der Waals surface area (Å²) in [6.07, 6.45) is 2.06. The third-order valence-electron chi connectivity index (χ3n) is 3.48. The number of rotatable bonds is 2. The molecule has 2 atom stereocenters. The second-order valence-electron chi connectivity index (χ2n) is 4.81. The van der Waals surface area contributed by atoms with Crippen LogP contribution in [0, 0.1) is 0 Å². The lowest BCUT2D eigenvalue weighted by Crippen LogP contribution is -2.57. The summed E-state index contributed by atoms with van der Waals surface area (Å²) in [5.41, 5.74) is 0. The molecule has 1 N–H and O–H groups in total. The van der Waals surface area contributed by atoms with Gasteiger partial charge >= 0.3 is 0 Å². The van der Waals surface area contributed by atoms with Crippen molar-refractivity contribution in [2.24, 2.45) is 0 Å². The van der Waals surface area contributed by atoms with Gasteiger partial charge < -0.3 is 5.32 Å². The van der Waals surface area contributed by atoms with Crippen LogP contribution in [0.5, 0.6) is 0 Å². The van der Waals surface area contributed by atoms with Crippen molar-refractivity contribution in [2.75, 3.05) is 32.4 Å². The molecule has 17 heavy (non-hydrogen) atoms. The summed E-state index contributed by atoms with van der Waals surface area (Å²) < 4.78 is 24.5. The van der Waals surface area contributed by atoms with Crippen molar-refractivity contribution in [1.82, 2.24) is 14.5 Å². The van der Waals surface area contributed by atoms with Gasteiger partial charge in [-0.25, -0.2) is 8.42 Å². The van der Waals surface area contributed by atoms with Crippen molar-refractivity contribution in [1.29, 1.82) is 0 Å². The van der Waals surface area contributed by atoms with E-state index in [4.69, 9.17) is 0 Å². The highest BCUT2D eigenvalue weighted by Gasteiger charge is 2.36. The molecule has 2 aliphatic heterocycles. The van der Waals surface area contributed by atoms with E-state index in [1.807, 2.05) is 6.92 Å². The van der Waals surface area contributed by atoms with Crippen LogP contribution in [-0.2, 0) is 14.8 Å². The minimum atomic E-state index is -3.13. The average molecular weight is 261 g/mol. The smallest absolute Gasteiger partial charge is 0.237 e. The van der Waals surface area contributed by atoms with E-state index in [-0.39, 0.29) is 18.0 Å². The van der Waals surface area contributed by atoms with Crippen molar-refractivity contribution in [3.8, 4) is 0 Å². The Labute approximate surface area is 102 Å². The fourth-order valence-corrected chi connectivity index (χ4v) is 3.81. The van der Waals surface area contributed by atoms with Crippen LogP contribution in [-0.4, -0.2) is 68.0 Å². The molecule has 2 rings (SSSR count). The number of carbonyl (C=O) groups excluding carboxylic acids is 1. The Balaban J connectivity index is 2.02. The minimum Gasteiger partial charge on any atom is -0.355 e. The summed E-state index contributed by atoms with van der Waals surface area (Å²) in [5, 5.41) is 2.81. The zero-order valence-electron chi connectivity index (χ0n) is 10.2. The number of piperazine rings is 1. The number of carbonyl (C=O) groups is 1. The van der Waals surface area contributed by atoms with Crippen molar-refractivity contribution >= 4 is 15.9 Å². The first-order valence-electron chi connectivity index (χ1n) is 5.88. The van der Waals surface area contributed by atoms with E-state index in [2.05, 4.69) is 10.2 Å². The van der Waals surface area contributed by atoms with E-state index >= 15 is 0 Å². The van der Waals surface area contributed by atoms with Gasteiger partial charge in [-0.2, -0.15) is 4.31 Å². The minimum absolute atomic E-state index is 0.0628. The van der Waals surface area contributed by atoms with Crippen LogP contribution >= 0.6 is 0 Å². The lowest BCUT2D eigenvalue weighted by Gasteiger charge is -2.40. The van der Waals surface area contributed by atoms with Crippen LogP contribution < -0.4 is 5.32 Å². The third-order valence-corrected chi connectivity index (χ3v) is 4.88. The second kappa shape index (κ2) is 4.55. The quantitative estimate of drug-likeness (QED) is 0.681. The first-order chi connectivity index (χ1) is 7.89. The summed E-state index contributed by atoms with van der Waals surface area (Å²) in [7, 11) is -3.13. The van der Waals surface area contributed by atoms with Gasteiger partial charge in [0, 0.05) is 32.2 Å². The summed E-state index contributed by atoms with van der Waals surface area (Å²) >= 11 is 0. The molecule has 0 aromatic heterocycles. The van der Waals surface area contributed by atoms with Gasteiger partial charge in [0.15, 0.2) is 0 Å². The van der Waals surface area contributed by atoms with Gasteiger partial charge in [-0.15, -0.1) is 0 Å². The standard InChI is InChI=1S/C10H19N3O3S/c1-8-7-12(9-3-4-11-10(9)14)5-6-13(8)17(2,15)16/h8-9H,3-7H2,1-2H3,(H,11,14)/t8-,9?/m0/s1. The molecule has 0 bridgehead atoms. The molecule has 6 nitrogen and oxygen atoms in total. The maximum Gasteiger partial charge on any atom is 0.237 e. The Bertz CT molecular complexity index is 409. The number of hydrogen-bond acceptors (Lipinski definition) is 4. The van der Waals surface area contributed by atoms with Gasteiger partial charge in [-0.05, 0) is 13.3 Å². The number of amides is 1. The first-order valence-corrected chi connectivity index (χ1v) is 7.73. The SMILES string of the molecule is C[C@H]1CN(C2CCNC2=O)CCN1S(C)(=O)=O. The monoisotopic (exact) mass is 261 g/mol. The highest BCUT2D eigenvalue weighted by Crippen LogP contribution is 2.18. The molecule has 2 aliphatic rings. The van der Waals surface area contributed by atoms with Gasteiger partial charge in [0.05, 0.1) is 12.3 Å². The van der Waals surface area contributed by atoms with Gasteiger partial charge in [0.2, 0.25) is 15.9 Å². The molecule has 2 fully saturated rings. The molecule has 1 unspecified atom stereocenters. The van der Waals surface area contributed by atoms with Crippen molar-refractivity contribution in [3.63, 3.8) is 0 Å². The van der Waals surface area contributed by atoms with E-state index in [1.165, 1.54) is 10.6 Å². The number of nitrogens with one attached hydrogen (secondary N) is 1. The largest absolute Gasteiger partial charge is 0.355 e. The Hall–Kier alpha value is -0.660. The first kappa shape index (κ1) is 12.8. The molecule has 2 saturated heterocycles. The molecule has 98 valence electrons. The molecule has 0 spiro atoms. The van der Waals surface area contributed by atoms with Crippen LogP contribution in [0.2, 0.25) is 0 Å². The van der Waals surface area contributed by atoms with Crippen molar-refractivity contribution < 1.29 is 13.2 Å². The van der Waals surface area contributed by atoms with E-state index in [0.717, 1.165) is 13.0 Å². The molecular formula is C10H19N3O3S. The van der Waals surface area contributed by atoms with Crippen molar-refractivity contribution in [3.05, 3.63) is 0 Å². The molecule has 1 amide bonds. The second-order valence-corrected chi connectivity index (χ2v) is 6.75. The van der Waals surface area contributed by atoms with Crippen LogP contribution in [0.4, 0.5) is 0 Å². The lowest BCUT2D eigenvalue weighted by atomic mass is 10.1. The van der Waals surface area contributed by atoms with Gasteiger partial charge in [0.1, 0.15) is 0 Å². The topological polar surface area (TPSA) is 69.7 Å². The molecule has 0 radical (unpaired) electrons. The number of nitrogens with zero attached hydrogens (tertiary/aromatic N) is 2. The van der Waals surface area contributed by atoms with Crippen molar-refractivity contribution in [2.45, 2.75) is 25.4 Å². The van der Waals surface area contributed by atoms with E-state index in [9.17, 15) is 13.2 Å². The summed E-state index contributed by atoms with van der Waals surface area (Å²) in [6, 6.07) is -0.133. The maximum atomic E-state index is 11.6. The maximum absolute atomic E-state index is 11.6. The molecule has 0 aliphatic carbocycles. The molecular weight excluding hydrogens is 242 g/mol. The molecule has 0 aromatic rings. The number of sulfonamides is 1. The predicted molar refractivity (Wildman–Crippen MR) is 64.0 cm³/mol. The van der Waals surface area contributed by atoms with Crippen LogP contribution in [0.3, 0.4) is 0 Å². The Morgan fingerprint density at radius 1 is 1.35 bits per heavy atom. The van der Waals surface area contributed by atoms with E-state index in [1.54, 1.807) is 0 Å². The Kier molecular flexibility index (Phi) is 3.42. The Morgan fingerprint density at radius 2 is 2.06 bits per heavy atom. The molecule has 0 aromatic carbocycles. The normalized spacial score (nSPS) is 32.7. The van der Waals surface area contributed by atoms with E-state index < -0.39 is 10.0 Å². The van der Waals surface area contributed by atoms with Gasteiger partial charge in [0.25, 0.3) is 0 Å². The highest BCUT2D eigenvalue weighted by atomic mass is 32.2. The zero-order chi connectivity index (χ0) is 12.6. The van der Waals surface area contributed by atoms with Gasteiger partial charge in [-0.1, -0.05) is 0 Å². The fraction of sp³-hybridized carbons (Fsp3) is 0.900. The van der Waals surface area contributed by atoms with Crippen LogP contribution in [0.15, 0.2) is 0 Å². The van der Waals surface area contributed by atoms with Crippen LogP contribution in [0.25, 0.3) is 0 Å². The molecule has 7 heteroatoms. The summed E-state index contributed by atoms with van der Waals surface area (Å²) in [5.74, 6) is 0.0741. The molecule has 2 heterocycles. The van der Waals surface area contributed by atoms with Crippen LogP contribution in [0.1, 0.15) is 13.3 Å². The van der Waals surface area contributed by atoms with E-state index in [0.29, 0.717) is 19.6 Å². The van der Waals surface area contributed by atoms with Gasteiger partial charge in [-0.3, -0.25) is 9.69 Å². The summed E-state index contributed by atoms with van der Waals surface area (Å²) in [4.78, 5) is 13.7. The fourth-order valence-electron chi connectivity index (χ4n) is 2.67. The summed E-state index contributed by atoms with van der Waals surface area (Å²) in [6.45, 7) is 4.36. The average Bonchev–Trinajstić information content (AvgIpc) is 2.62. The zero-order valence-corrected chi connectivity index (χ0v) is 11.0. The molecule has 0 saturated carbocycles. The lowest BCUT2D eigenvalue weighted by molar-refractivity contribution is -0.124. The Morgan fingerprint density at radius 3 is 2.53 bits per heavy atom. The number of hydrogen-bond donors (Lipinski definition) is 1. The highest BCUT2D eigenvalue weighted by molar-refractivity contribution is 7.88. The predicted octanol–water partition coefficient (Wildman–Crippen LogP) is -1.16. The third kappa shape index (κ3) is 2.61.